The molecule has 0 saturated heterocycles. The van der Waals surface area contributed by atoms with Crippen LogP contribution in [0.25, 0.3) is 11.0 Å². The Hall–Kier alpha value is -1.48. The van der Waals surface area contributed by atoms with Crippen molar-refractivity contribution in [1.29, 1.82) is 0 Å². The first kappa shape index (κ1) is 12.0. The molecule has 0 aliphatic heterocycles. The van der Waals surface area contributed by atoms with Gasteiger partial charge in [-0.05, 0) is 45.4 Å². The van der Waals surface area contributed by atoms with Crippen molar-refractivity contribution >= 4 is 11.0 Å². The van der Waals surface area contributed by atoms with Crippen LogP contribution < -0.4 is 5.32 Å². The summed E-state index contributed by atoms with van der Waals surface area (Å²) >= 11 is 0. The number of hydrogen-bond donors (Lipinski definition) is 1. The smallest absolute Gasteiger partial charge is 0.0919 e. The zero-order valence-electron chi connectivity index (χ0n) is 10.7. The van der Waals surface area contributed by atoms with Crippen LogP contribution in [-0.4, -0.2) is 22.1 Å². The molecule has 0 saturated carbocycles. The van der Waals surface area contributed by atoms with Gasteiger partial charge < -0.3 is 5.32 Å². The Morgan fingerprint density at radius 1 is 1.12 bits per heavy atom. The van der Waals surface area contributed by atoms with E-state index >= 15 is 0 Å². The molecule has 0 fully saturated rings. The average molecular weight is 229 g/mol. The minimum atomic E-state index is 0.163. The third-order valence-corrected chi connectivity index (χ3v) is 2.63. The summed E-state index contributed by atoms with van der Waals surface area (Å²) in [5.41, 5.74) is 3.41. The molecule has 0 unspecified atom stereocenters. The molecule has 0 aliphatic carbocycles. The predicted octanol–water partition coefficient (Wildman–Crippen LogP) is 2.56. The van der Waals surface area contributed by atoms with Gasteiger partial charge in [-0.25, -0.2) is 0 Å². The minimum Gasteiger partial charge on any atom is -0.312 e. The normalized spacial score (nSPS) is 11.9. The summed E-state index contributed by atoms with van der Waals surface area (Å²) < 4.78 is 0. The Morgan fingerprint density at radius 2 is 1.88 bits per heavy atom. The molecule has 0 bridgehead atoms. The van der Waals surface area contributed by atoms with E-state index in [1.165, 1.54) is 5.56 Å². The minimum absolute atomic E-state index is 0.163. The summed E-state index contributed by atoms with van der Waals surface area (Å²) in [5, 5.41) is 3.49. The van der Waals surface area contributed by atoms with E-state index in [0.717, 1.165) is 24.0 Å². The van der Waals surface area contributed by atoms with Gasteiger partial charge in [-0.15, -0.1) is 0 Å². The lowest BCUT2D eigenvalue weighted by molar-refractivity contribution is 0.430. The Bertz CT molecular complexity index is 495. The molecule has 0 spiro atoms. The summed E-state index contributed by atoms with van der Waals surface area (Å²) in [5.74, 6) is 0. The van der Waals surface area contributed by atoms with Gasteiger partial charge in [0, 0.05) is 17.9 Å². The highest BCUT2D eigenvalue weighted by Gasteiger charge is 2.08. The monoisotopic (exact) mass is 229 g/mol. The van der Waals surface area contributed by atoms with E-state index in [0.29, 0.717) is 0 Å². The standard InChI is InChI=1S/C14H19N3/c1-14(2,3)17-8-7-11-5-4-6-12-13(11)16-10-9-15-12/h4-6,9-10,17H,7-8H2,1-3H3. The Labute approximate surface area is 102 Å². The van der Waals surface area contributed by atoms with Crippen LogP contribution in [0.15, 0.2) is 30.6 Å². The highest BCUT2D eigenvalue weighted by atomic mass is 14.9. The third kappa shape index (κ3) is 3.24. The Balaban J connectivity index is 2.13. The molecule has 0 radical (unpaired) electrons. The van der Waals surface area contributed by atoms with E-state index in [-0.39, 0.29) is 5.54 Å². The summed E-state index contributed by atoms with van der Waals surface area (Å²) in [6.07, 6.45) is 4.47. The highest BCUT2D eigenvalue weighted by molar-refractivity contribution is 5.77. The number of nitrogens with one attached hydrogen (secondary N) is 1. The van der Waals surface area contributed by atoms with Crippen molar-refractivity contribution in [2.75, 3.05) is 6.54 Å². The second kappa shape index (κ2) is 4.80. The van der Waals surface area contributed by atoms with Gasteiger partial charge in [0.2, 0.25) is 0 Å². The third-order valence-electron chi connectivity index (χ3n) is 2.63. The maximum Gasteiger partial charge on any atom is 0.0919 e. The van der Waals surface area contributed by atoms with Crippen LogP contribution >= 0.6 is 0 Å². The van der Waals surface area contributed by atoms with Crippen molar-refractivity contribution in [3.63, 3.8) is 0 Å². The number of fused-ring (bicyclic) bond motifs is 1. The molecular formula is C14H19N3. The number of rotatable bonds is 3. The van der Waals surface area contributed by atoms with Crippen molar-refractivity contribution in [2.24, 2.45) is 0 Å². The summed E-state index contributed by atoms with van der Waals surface area (Å²) in [6, 6.07) is 6.17. The van der Waals surface area contributed by atoms with Crippen LogP contribution in [0.3, 0.4) is 0 Å². The van der Waals surface area contributed by atoms with Crippen molar-refractivity contribution in [3.8, 4) is 0 Å². The zero-order chi connectivity index (χ0) is 12.3. The highest BCUT2D eigenvalue weighted by Crippen LogP contribution is 2.14. The Kier molecular flexibility index (Phi) is 3.38. The number of nitrogens with zero attached hydrogens (tertiary/aromatic N) is 2. The average Bonchev–Trinajstić information content (AvgIpc) is 2.28. The first-order valence-corrected chi connectivity index (χ1v) is 6.00. The summed E-state index contributed by atoms with van der Waals surface area (Å²) in [4.78, 5) is 8.72. The molecule has 1 heterocycles. The van der Waals surface area contributed by atoms with Gasteiger partial charge in [-0.2, -0.15) is 0 Å². The summed E-state index contributed by atoms with van der Waals surface area (Å²) in [6.45, 7) is 7.49. The molecule has 17 heavy (non-hydrogen) atoms. The molecule has 2 aromatic rings. The van der Waals surface area contributed by atoms with Gasteiger partial charge >= 0.3 is 0 Å². The molecule has 2 rings (SSSR count). The second-order valence-corrected chi connectivity index (χ2v) is 5.27. The SMILES string of the molecule is CC(C)(C)NCCc1cccc2nccnc12. The fraction of sp³-hybridized carbons (Fsp3) is 0.429. The number of para-hydroxylation sites is 1. The first-order valence-electron chi connectivity index (χ1n) is 6.00. The molecule has 3 nitrogen and oxygen atoms in total. The van der Waals surface area contributed by atoms with Crippen LogP contribution in [0.2, 0.25) is 0 Å². The van der Waals surface area contributed by atoms with Crippen molar-refractivity contribution in [1.82, 2.24) is 15.3 Å². The van der Waals surface area contributed by atoms with Crippen molar-refractivity contribution < 1.29 is 0 Å². The van der Waals surface area contributed by atoms with E-state index in [1.54, 1.807) is 12.4 Å². The van der Waals surface area contributed by atoms with E-state index < -0.39 is 0 Å². The zero-order valence-corrected chi connectivity index (χ0v) is 10.7. The quantitative estimate of drug-likeness (QED) is 0.879. The molecule has 0 amide bonds. The fourth-order valence-electron chi connectivity index (χ4n) is 1.83. The maximum absolute atomic E-state index is 4.41. The second-order valence-electron chi connectivity index (χ2n) is 5.27. The predicted molar refractivity (Wildman–Crippen MR) is 71.0 cm³/mol. The lowest BCUT2D eigenvalue weighted by Crippen LogP contribution is -2.37. The molecule has 3 heteroatoms. The molecule has 0 aliphatic rings. The lowest BCUT2D eigenvalue weighted by Gasteiger charge is -2.20. The van der Waals surface area contributed by atoms with E-state index in [2.05, 4.69) is 42.1 Å². The van der Waals surface area contributed by atoms with Gasteiger partial charge in [0.25, 0.3) is 0 Å². The van der Waals surface area contributed by atoms with Gasteiger partial charge in [0.05, 0.1) is 11.0 Å². The maximum atomic E-state index is 4.41. The molecule has 1 N–H and O–H groups in total. The Morgan fingerprint density at radius 3 is 2.65 bits per heavy atom. The lowest BCUT2D eigenvalue weighted by atomic mass is 10.1. The van der Waals surface area contributed by atoms with Crippen LogP contribution in [0.1, 0.15) is 26.3 Å². The van der Waals surface area contributed by atoms with E-state index in [1.807, 2.05) is 12.1 Å². The molecular weight excluding hydrogens is 210 g/mol. The van der Waals surface area contributed by atoms with Crippen molar-refractivity contribution in [2.45, 2.75) is 32.7 Å². The van der Waals surface area contributed by atoms with Gasteiger partial charge in [0.15, 0.2) is 0 Å². The molecule has 1 aromatic carbocycles. The van der Waals surface area contributed by atoms with Crippen LogP contribution in [-0.2, 0) is 6.42 Å². The largest absolute Gasteiger partial charge is 0.312 e. The fourth-order valence-corrected chi connectivity index (χ4v) is 1.83. The van der Waals surface area contributed by atoms with Gasteiger partial charge in [0.1, 0.15) is 0 Å². The van der Waals surface area contributed by atoms with Crippen LogP contribution in [0, 0.1) is 0 Å². The van der Waals surface area contributed by atoms with Gasteiger partial charge in [-0.3, -0.25) is 9.97 Å². The molecule has 0 atom stereocenters. The number of hydrogen-bond acceptors (Lipinski definition) is 3. The molecule has 1 aromatic heterocycles. The number of aromatic nitrogens is 2. The summed E-state index contributed by atoms with van der Waals surface area (Å²) in [7, 11) is 0. The number of benzene rings is 1. The van der Waals surface area contributed by atoms with E-state index in [9.17, 15) is 0 Å². The van der Waals surface area contributed by atoms with Crippen LogP contribution in [0.5, 0.6) is 0 Å². The molecule has 90 valence electrons. The van der Waals surface area contributed by atoms with Crippen molar-refractivity contribution in [3.05, 3.63) is 36.2 Å². The topological polar surface area (TPSA) is 37.8 Å². The first-order chi connectivity index (χ1) is 8.06. The van der Waals surface area contributed by atoms with Gasteiger partial charge in [-0.1, -0.05) is 12.1 Å². The van der Waals surface area contributed by atoms with E-state index in [4.69, 9.17) is 0 Å². The van der Waals surface area contributed by atoms with Crippen LogP contribution in [0.4, 0.5) is 0 Å².